The molecule has 1 N–H and O–H groups in total. The van der Waals surface area contributed by atoms with E-state index in [0.29, 0.717) is 13.0 Å². The topological polar surface area (TPSA) is 59.8 Å². The molecular formula is C13H16N4O. The van der Waals surface area contributed by atoms with E-state index in [2.05, 4.69) is 15.3 Å². The molecule has 2 aromatic rings. The van der Waals surface area contributed by atoms with Crippen LogP contribution in [-0.2, 0) is 17.8 Å². The lowest BCUT2D eigenvalue weighted by atomic mass is 10.2. The molecule has 0 aliphatic heterocycles. The number of carbonyl (C=O) groups excluding carboxylic acids is 1. The smallest absolute Gasteiger partial charge is 0.224 e. The van der Waals surface area contributed by atoms with Crippen LogP contribution in [0.1, 0.15) is 12.0 Å². The summed E-state index contributed by atoms with van der Waals surface area (Å²) in [5.74, 6) is 0.0358. The zero-order valence-corrected chi connectivity index (χ0v) is 10.1. The minimum Gasteiger partial charge on any atom is -0.356 e. The summed E-state index contributed by atoms with van der Waals surface area (Å²) in [5.41, 5.74) is 0.935. The zero-order chi connectivity index (χ0) is 12.6. The summed E-state index contributed by atoms with van der Waals surface area (Å²) in [4.78, 5) is 19.6. The molecule has 5 heteroatoms. The van der Waals surface area contributed by atoms with Crippen molar-refractivity contribution in [1.29, 1.82) is 0 Å². The SMILES string of the molecule is O=C(Cc1cccnc1)NCCCn1ccnc1. The minimum absolute atomic E-state index is 0.0358. The fourth-order valence-electron chi connectivity index (χ4n) is 1.66. The molecule has 0 aliphatic carbocycles. The van der Waals surface area contributed by atoms with Crippen molar-refractivity contribution in [2.75, 3.05) is 6.54 Å². The Kier molecular flexibility index (Phi) is 4.46. The summed E-state index contributed by atoms with van der Waals surface area (Å²) in [5, 5.41) is 2.89. The molecule has 0 radical (unpaired) electrons. The van der Waals surface area contributed by atoms with Gasteiger partial charge in [-0.15, -0.1) is 0 Å². The van der Waals surface area contributed by atoms with E-state index in [1.165, 1.54) is 0 Å². The Morgan fingerprint density at radius 1 is 1.33 bits per heavy atom. The van der Waals surface area contributed by atoms with Gasteiger partial charge in [-0.05, 0) is 18.1 Å². The van der Waals surface area contributed by atoms with E-state index in [4.69, 9.17) is 0 Å². The Morgan fingerprint density at radius 3 is 3.00 bits per heavy atom. The lowest BCUT2D eigenvalue weighted by Gasteiger charge is -2.05. The Hall–Kier alpha value is -2.17. The fraction of sp³-hybridized carbons (Fsp3) is 0.308. The molecule has 0 bridgehead atoms. The van der Waals surface area contributed by atoms with Gasteiger partial charge < -0.3 is 9.88 Å². The second-order valence-corrected chi connectivity index (χ2v) is 4.04. The standard InChI is InChI=1S/C13H16N4O/c18-13(9-12-3-1-4-14-10-12)16-5-2-7-17-8-6-15-11-17/h1,3-4,6,8,10-11H,2,5,7,9H2,(H,16,18). The highest BCUT2D eigenvalue weighted by molar-refractivity contribution is 5.78. The summed E-state index contributed by atoms with van der Waals surface area (Å²) in [6.07, 6.45) is 10.1. The van der Waals surface area contributed by atoms with E-state index < -0.39 is 0 Å². The number of hydrogen-bond donors (Lipinski definition) is 1. The second kappa shape index (κ2) is 6.54. The summed E-state index contributed by atoms with van der Waals surface area (Å²) >= 11 is 0. The third kappa shape index (κ3) is 4.01. The maximum atomic E-state index is 11.6. The average molecular weight is 244 g/mol. The van der Waals surface area contributed by atoms with Crippen LogP contribution in [0.4, 0.5) is 0 Å². The van der Waals surface area contributed by atoms with E-state index in [9.17, 15) is 4.79 Å². The van der Waals surface area contributed by atoms with Crippen LogP contribution in [0.5, 0.6) is 0 Å². The van der Waals surface area contributed by atoms with Gasteiger partial charge in [0, 0.05) is 37.9 Å². The number of amides is 1. The summed E-state index contributed by atoms with van der Waals surface area (Å²) in [6.45, 7) is 1.55. The monoisotopic (exact) mass is 244 g/mol. The van der Waals surface area contributed by atoms with Crippen LogP contribution in [0.15, 0.2) is 43.2 Å². The molecule has 5 nitrogen and oxygen atoms in total. The molecule has 2 heterocycles. The number of nitrogens with zero attached hydrogens (tertiary/aromatic N) is 3. The number of carbonyl (C=O) groups is 1. The van der Waals surface area contributed by atoms with Crippen LogP contribution in [0.2, 0.25) is 0 Å². The first-order valence-electron chi connectivity index (χ1n) is 5.96. The van der Waals surface area contributed by atoms with Crippen molar-refractivity contribution in [3.05, 3.63) is 48.8 Å². The first kappa shape index (κ1) is 12.3. The first-order valence-corrected chi connectivity index (χ1v) is 5.96. The lowest BCUT2D eigenvalue weighted by Crippen LogP contribution is -2.26. The lowest BCUT2D eigenvalue weighted by molar-refractivity contribution is -0.120. The van der Waals surface area contributed by atoms with Gasteiger partial charge in [0.2, 0.25) is 5.91 Å². The Labute approximate surface area is 106 Å². The van der Waals surface area contributed by atoms with Gasteiger partial charge in [-0.2, -0.15) is 0 Å². The summed E-state index contributed by atoms with van der Waals surface area (Å²) in [6, 6.07) is 3.74. The van der Waals surface area contributed by atoms with Gasteiger partial charge in [0.15, 0.2) is 0 Å². The highest BCUT2D eigenvalue weighted by Crippen LogP contribution is 1.96. The highest BCUT2D eigenvalue weighted by Gasteiger charge is 2.02. The molecule has 0 unspecified atom stereocenters. The van der Waals surface area contributed by atoms with Crippen molar-refractivity contribution in [3.8, 4) is 0 Å². The first-order chi connectivity index (χ1) is 8.84. The van der Waals surface area contributed by atoms with Gasteiger partial charge in [-0.25, -0.2) is 4.98 Å². The Bertz CT molecular complexity index is 467. The highest BCUT2D eigenvalue weighted by atomic mass is 16.1. The largest absolute Gasteiger partial charge is 0.356 e. The molecule has 0 saturated heterocycles. The van der Waals surface area contributed by atoms with Crippen molar-refractivity contribution in [2.24, 2.45) is 0 Å². The van der Waals surface area contributed by atoms with Crippen molar-refractivity contribution < 1.29 is 4.79 Å². The molecular weight excluding hydrogens is 228 g/mol. The van der Waals surface area contributed by atoms with E-state index >= 15 is 0 Å². The van der Waals surface area contributed by atoms with E-state index in [1.54, 1.807) is 24.9 Å². The van der Waals surface area contributed by atoms with Crippen LogP contribution in [0, 0.1) is 0 Å². The minimum atomic E-state index is 0.0358. The van der Waals surface area contributed by atoms with E-state index in [0.717, 1.165) is 18.5 Å². The van der Waals surface area contributed by atoms with Crippen molar-refractivity contribution in [3.63, 3.8) is 0 Å². The van der Waals surface area contributed by atoms with Crippen molar-refractivity contribution in [2.45, 2.75) is 19.4 Å². The van der Waals surface area contributed by atoms with Crippen LogP contribution in [0.3, 0.4) is 0 Å². The van der Waals surface area contributed by atoms with Crippen LogP contribution < -0.4 is 5.32 Å². The molecule has 0 aromatic carbocycles. The quantitative estimate of drug-likeness (QED) is 0.772. The van der Waals surface area contributed by atoms with E-state index in [1.807, 2.05) is 22.9 Å². The van der Waals surface area contributed by atoms with Crippen LogP contribution >= 0.6 is 0 Å². The normalized spacial score (nSPS) is 10.2. The van der Waals surface area contributed by atoms with Gasteiger partial charge in [0.1, 0.15) is 0 Å². The molecule has 2 aromatic heterocycles. The number of hydrogen-bond acceptors (Lipinski definition) is 3. The molecule has 0 fully saturated rings. The predicted molar refractivity (Wildman–Crippen MR) is 67.8 cm³/mol. The average Bonchev–Trinajstić information content (AvgIpc) is 2.89. The maximum Gasteiger partial charge on any atom is 0.224 e. The Balaban J connectivity index is 1.63. The molecule has 0 aliphatic rings. The number of imidazole rings is 1. The molecule has 18 heavy (non-hydrogen) atoms. The number of rotatable bonds is 6. The number of aryl methyl sites for hydroxylation is 1. The summed E-state index contributed by atoms with van der Waals surface area (Å²) in [7, 11) is 0. The molecule has 0 saturated carbocycles. The van der Waals surface area contributed by atoms with Gasteiger partial charge in [0.25, 0.3) is 0 Å². The third-order valence-corrected chi connectivity index (χ3v) is 2.56. The van der Waals surface area contributed by atoms with Gasteiger partial charge in [-0.1, -0.05) is 6.07 Å². The predicted octanol–water partition coefficient (Wildman–Crippen LogP) is 1.03. The van der Waals surface area contributed by atoms with Gasteiger partial charge >= 0.3 is 0 Å². The van der Waals surface area contributed by atoms with Gasteiger partial charge in [0.05, 0.1) is 12.7 Å². The van der Waals surface area contributed by atoms with Crippen molar-refractivity contribution in [1.82, 2.24) is 19.9 Å². The summed E-state index contributed by atoms with van der Waals surface area (Å²) < 4.78 is 1.99. The number of pyridine rings is 1. The van der Waals surface area contributed by atoms with Crippen molar-refractivity contribution >= 4 is 5.91 Å². The second-order valence-electron chi connectivity index (χ2n) is 4.04. The van der Waals surface area contributed by atoms with E-state index in [-0.39, 0.29) is 5.91 Å². The van der Waals surface area contributed by atoms with Crippen LogP contribution in [0.25, 0.3) is 0 Å². The molecule has 0 atom stereocenters. The van der Waals surface area contributed by atoms with Crippen LogP contribution in [-0.4, -0.2) is 27.0 Å². The Morgan fingerprint density at radius 2 is 2.28 bits per heavy atom. The number of nitrogens with one attached hydrogen (secondary N) is 1. The molecule has 0 spiro atoms. The molecule has 2 rings (SSSR count). The molecule has 1 amide bonds. The fourth-order valence-corrected chi connectivity index (χ4v) is 1.66. The number of aromatic nitrogens is 3. The van der Waals surface area contributed by atoms with Gasteiger partial charge in [-0.3, -0.25) is 9.78 Å². The third-order valence-electron chi connectivity index (χ3n) is 2.56. The zero-order valence-electron chi connectivity index (χ0n) is 10.1. The maximum absolute atomic E-state index is 11.6. The molecule has 94 valence electrons.